The predicted octanol–water partition coefficient (Wildman–Crippen LogP) is 6.66. The van der Waals surface area contributed by atoms with Crippen molar-refractivity contribution in [1.82, 2.24) is 9.88 Å². The smallest absolute Gasteiger partial charge is 0.255 e. The van der Waals surface area contributed by atoms with Crippen LogP contribution in [0.25, 0.3) is 10.8 Å². The molecule has 8 heteroatoms. The van der Waals surface area contributed by atoms with Crippen LogP contribution < -0.4 is 10.9 Å². The molecule has 4 rings (SSSR count). The zero-order valence-electron chi connectivity index (χ0n) is 22.7. The van der Waals surface area contributed by atoms with E-state index in [-0.39, 0.29) is 29.4 Å². The third kappa shape index (κ3) is 6.17. The van der Waals surface area contributed by atoms with Gasteiger partial charge in [-0.2, -0.15) is 0 Å². The number of nitrogens with zero attached hydrogens (tertiary/aromatic N) is 2. The van der Waals surface area contributed by atoms with Gasteiger partial charge in [0.25, 0.3) is 5.56 Å². The van der Waals surface area contributed by atoms with E-state index in [2.05, 4.69) is 42.3 Å². The van der Waals surface area contributed by atoms with Crippen molar-refractivity contribution < 1.29 is 9.90 Å². The van der Waals surface area contributed by atoms with Gasteiger partial charge in [-0.3, -0.25) is 9.59 Å². The van der Waals surface area contributed by atoms with Crippen molar-refractivity contribution in [2.75, 3.05) is 12.4 Å². The Bertz CT molecular complexity index is 1560. The number of aromatic amines is 1. The van der Waals surface area contributed by atoms with Crippen molar-refractivity contribution >= 4 is 28.1 Å². The lowest BCUT2D eigenvalue weighted by Gasteiger charge is -2.27. The lowest BCUT2D eigenvalue weighted by atomic mass is 9.90. The highest BCUT2D eigenvalue weighted by Gasteiger charge is 2.26. The van der Waals surface area contributed by atoms with Crippen LogP contribution in [-0.4, -0.2) is 27.9 Å². The van der Waals surface area contributed by atoms with Gasteiger partial charge in [0.05, 0.1) is 0 Å². The predicted molar refractivity (Wildman–Crippen MR) is 155 cm³/mol. The zero-order valence-corrected chi connectivity index (χ0v) is 22.7. The highest BCUT2D eigenvalue weighted by molar-refractivity contribution is 5.89. The van der Waals surface area contributed by atoms with Crippen molar-refractivity contribution in [1.29, 1.82) is 0 Å². The number of H-pyrrole nitrogens is 1. The molecule has 1 amide bonds. The Kier molecular flexibility index (Phi) is 8.44. The Labute approximate surface area is 227 Å². The molecule has 0 saturated heterocycles. The van der Waals surface area contributed by atoms with Gasteiger partial charge < -0.3 is 20.3 Å². The summed E-state index contributed by atoms with van der Waals surface area (Å²) in [7, 11) is 1.65. The highest BCUT2D eigenvalue weighted by atomic mass is 16.3. The summed E-state index contributed by atoms with van der Waals surface area (Å²) in [6, 6.07) is 16.9. The summed E-state index contributed by atoms with van der Waals surface area (Å²) in [5.41, 5.74) is 4.15. The van der Waals surface area contributed by atoms with Crippen molar-refractivity contribution in [2.24, 2.45) is 5.18 Å². The molecule has 0 fully saturated rings. The lowest BCUT2D eigenvalue weighted by Crippen LogP contribution is -2.35. The summed E-state index contributed by atoms with van der Waals surface area (Å²) in [5, 5.41) is 17.9. The summed E-state index contributed by atoms with van der Waals surface area (Å²) in [6.07, 6.45) is 3.77. The van der Waals surface area contributed by atoms with Gasteiger partial charge in [-0.05, 0) is 82.9 Å². The molecular weight excluding hydrogens is 492 g/mol. The lowest BCUT2D eigenvalue weighted by molar-refractivity contribution is -0.131. The Balaban J connectivity index is 1.71. The van der Waals surface area contributed by atoms with Gasteiger partial charge >= 0.3 is 0 Å². The minimum Gasteiger partial charge on any atom is -0.508 e. The number of hydrogen-bond acceptors (Lipinski definition) is 6. The minimum atomic E-state index is -0.765. The molecule has 3 N–H and O–H groups in total. The molecule has 2 atom stereocenters. The SMILES string of the molecule is CCC[C@H](C)c1ccc(C(Nc2ccc3cc[nH]c(=O)c3c2)C(=O)N(C)Cc2cc(N=O)ccc2O)cc1C. The highest BCUT2D eigenvalue weighted by Crippen LogP contribution is 2.31. The van der Waals surface area contributed by atoms with Crippen LogP contribution in [0.15, 0.2) is 76.8 Å². The number of carbonyl (C=O) groups is 1. The second-order valence-corrected chi connectivity index (χ2v) is 10.1. The topological polar surface area (TPSA) is 115 Å². The van der Waals surface area contributed by atoms with Crippen LogP contribution in [0.2, 0.25) is 0 Å². The number of phenolic OH excluding ortho intramolecular Hbond substituents is 1. The fourth-order valence-corrected chi connectivity index (χ4v) is 5.06. The van der Waals surface area contributed by atoms with Gasteiger partial charge in [0.1, 0.15) is 17.5 Å². The summed E-state index contributed by atoms with van der Waals surface area (Å²) in [4.78, 5) is 41.5. The van der Waals surface area contributed by atoms with E-state index in [0.717, 1.165) is 29.4 Å². The number of aryl methyl sites for hydroxylation is 1. The number of likely N-dealkylation sites (N-methyl/N-ethyl adjacent to an activating group) is 1. The number of amides is 1. The number of anilines is 1. The van der Waals surface area contributed by atoms with Crippen LogP contribution in [0.3, 0.4) is 0 Å². The molecule has 0 spiro atoms. The molecule has 0 bridgehead atoms. The van der Waals surface area contributed by atoms with Gasteiger partial charge in [0.15, 0.2) is 0 Å². The standard InChI is InChI=1S/C31H34N4O4/c1-5-6-19(2)26-11-8-22(15-20(26)3)29(33-24-9-7-21-13-14-32-30(37)27(21)17-24)31(38)35(4)18-23-16-25(34-39)10-12-28(23)36/h7-17,19,29,33,36H,5-6,18H2,1-4H3,(H,32,37)/t19-,29?/m0/s1. The van der Waals surface area contributed by atoms with E-state index in [1.807, 2.05) is 30.3 Å². The van der Waals surface area contributed by atoms with E-state index in [1.54, 1.807) is 19.3 Å². The maximum absolute atomic E-state index is 13.9. The first-order chi connectivity index (χ1) is 18.7. The van der Waals surface area contributed by atoms with E-state index < -0.39 is 6.04 Å². The second-order valence-electron chi connectivity index (χ2n) is 10.1. The van der Waals surface area contributed by atoms with E-state index >= 15 is 0 Å². The summed E-state index contributed by atoms with van der Waals surface area (Å²) >= 11 is 0. The largest absolute Gasteiger partial charge is 0.508 e. The molecule has 3 aromatic carbocycles. The van der Waals surface area contributed by atoms with Gasteiger partial charge in [0.2, 0.25) is 5.91 Å². The number of phenols is 1. The third-order valence-electron chi connectivity index (χ3n) is 7.17. The minimum absolute atomic E-state index is 0.0228. The number of pyridine rings is 1. The number of hydrogen-bond donors (Lipinski definition) is 3. The number of carbonyl (C=O) groups excluding carboxylic acids is 1. The Morgan fingerprint density at radius 1 is 1.10 bits per heavy atom. The van der Waals surface area contributed by atoms with Crippen molar-refractivity contribution in [3.05, 3.63) is 104 Å². The van der Waals surface area contributed by atoms with E-state index in [1.165, 1.54) is 28.7 Å². The quantitative estimate of drug-likeness (QED) is 0.200. The maximum atomic E-state index is 13.9. The molecule has 1 heterocycles. The van der Waals surface area contributed by atoms with Crippen LogP contribution >= 0.6 is 0 Å². The number of aromatic nitrogens is 1. The number of nitroso groups, excluding NO2 is 1. The number of aromatic hydroxyl groups is 1. The van der Waals surface area contributed by atoms with Crippen LogP contribution in [0, 0.1) is 11.8 Å². The number of benzene rings is 3. The molecule has 1 unspecified atom stereocenters. The van der Waals surface area contributed by atoms with Crippen molar-refractivity contribution in [2.45, 2.75) is 52.1 Å². The number of rotatable bonds is 10. The van der Waals surface area contributed by atoms with Crippen molar-refractivity contribution in [3.63, 3.8) is 0 Å². The van der Waals surface area contributed by atoms with Crippen LogP contribution in [0.5, 0.6) is 5.75 Å². The molecule has 0 aliphatic rings. The maximum Gasteiger partial charge on any atom is 0.255 e. The van der Waals surface area contributed by atoms with E-state index in [9.17, 15) is 19.6 Å². The first-order valence-corrected chi connectivity index (χ1v) is 13.1. The molecule has 1 aromatic heterocycles. The van der Waals surface area contributed by atoms with Gasteiger partial charge in [0, 0.05) is 36.4 Å². The summed E-state index contributed by atoms with van der Waals surface area (Å²) < 4.78 is 0. The van der Waals surface area contributed by atoms with E-state index in [0.29, 0.717) is 22.6 Å². The molecule has 0 aliphatic carbocycles. The van der Waals surface area contributed by atoms with Crippen LogP contribution in [0.4, 0.5) is 11.4 Å². The van der Waals surface area contributed by atoms with Crippen LogP contribution in [-0.2, 0) is 11.3 Å². The van der Waals surface area contributed by atoms with Crippen LogP contribution in [0.1, 0.15) is 60.9 Å². The Morgan fingerprint density at radius 2 is 1.90 bits per heavy atom. The van der Waals surface area contributed by atoms with Gasteiger partial charge in [-0.15, -0.1) is 4.91 Å². The van der Waals surface area contributed by atoms with Gasteiger partial charge in [-0.25, -0.2) is 0 Å². The fourth-order valence-electron chi connectivity index (χ4n) is 5.06. The monoisotopic (exact) mass is 526 g/mol. The molecule has 0 saturated carbocycles. The summed E-state index contributed by atoms with van der Waals surface area (Å²) in [5.74, 6) is 0.142. The number of fused-ring (bicyclic) bond motifs is 1. The molecule has 0 radical (unpaired) electrons. The van der Waals surface area contributed by atoms with Crippen molar-refractivity contribution in [3.8, 4) is 5.75 Å². The van der Waals surface area contributed by atoms with E-state index in [4.69, 9.17) is 0 Å². The number of nitrogens with one attached hydrogen (secondary N) is 2. The second kappa shape index (κ2) is 11.9. The Morgan fingerprint density at radius 3 is 2.62 bits per heavy atom. The average Bonchev–Trinajstić information content (AvgIpc) is 2.93. The first-order valence-electron chi connectivity index (χ1n) is 13.1. The molecule has 8 nitrogen and oxygen atoms in total. The molecule has 4 aromatic rings. The fraction of sp³-hybridized carbons (Fsp3) is 0.290. The Hall–Kier alpha value is -4.46. The first kappa shape index (κ1) is 27.6. The average molecular weight is 527 g/mol. The zero-order chi connectivity index (χ0) is 28.1. The van der Waals surface area contributed by atoms with Gasteiger partial charge in [-0.1, -0.05) is 44.5 Å². The molecule has 202 valence electrons. The third-order valence-corrected chi connectivity index (χ3v) is 7.17. The molecule has 0 aliphatic heterocycles. The molecule has 39 heavy (non-hydrogen) atoms. The normalized spacial score (nSPS) is 12.6. The molecular formula is C31H34N4O4. The summed E-state index contributed by atoms with van der Waals surface area (Å²) in [6.45, 7) is 6.51.